The van der Waals surface area contributed by atoms with Crippen LogP contribution in [0.5, 0.6) is 5.75 Å². The fourth-order valence-corrected chi connectivity index (χ4v) is 2.40. The molecule has 1 unspecified atom stereocenters. The first-order chi connectivity index (χ1) is 9.19. The number of hydrogen-bond donors (Lipinski definition) is 1. The number of hydrogen-bond acceptors (Lipinski definition) is 1. The number of phenolic OH excluding ortho intramolecular Hbond substituents is 1. The largest absolute Gasteiger partial charge is 0.508 e. The fraction of sp³-hybridized carbons (Fsp3) is 0.333. The predicted molar refractivity (Wildman–Crippen MR) is 80.7 cm³/mol. The van der Waals surface area contributed by atoms with E-state index in [4.69, 9.17) is 0 Å². The van der Waals surface area contributed by atoms with Gasteiger partial charge in [0.05, 0.1) is 0 Å². The number of rotatable bonds is 5. The minimum Gasteiger partial charge on any atom is -0.508 e. The summed E-state index contributed by atoms with van der Waals surface area (Å²) in [6.07, 6.45) is 3.40. The Morgan fingerprint density at radius 2 is 1.47 bits per heavy atom. The summed E-state index contributed by atoms with van der Waals surface area (Å²) in [4.78, 5) is 0. The van der Waals surface area contributed by atoms with Gasteiger partial charge in [-0.3, -0.25) is 0 Å². The zero-order valence-electron chi connectivity index (χ0n) is 11.8. The summed E-state index contributed by atoms with van der Waals surface area (Å²) < 4.78 is 0. The van der Waals surface area contributed by atoms with Crippen LogP contribution in [0.3, 0.4) is 0 Å². The van der Waals surface area contributed by atoms with E-state index >= 15 is 0 Å². The Morgan fingerprint density at radius 1 is 0.895 bits per heavy atom. The van der Waals surface area contributed by atoms with Crippen LogP contribution in [0.2, 0.25) is 0 Å². The van der Waals surface area contributed by atoms with Crippen LogP contribution in [0.1, 0.15) is 42.9 Å². The minimum absolute atomic E-state index is 0.333. The molecule has 2 rings (SSSR count). The second-order valence-corrected chi connectivity index (χ2v) is 5.26. The highest BCUT2D eigenvalue weighted by molar-refractivity contribution is 5.30. The van der Waals surface area contributed by atoms with E-state index in [1.165, 1.54) is 23.1 Å². The topological polar surface area (TPSA) is 20.2 Å². The van der Waals surface area contributed by atoms with Gasteiger partial charge in [0.2, 0.25) is 0 Å². The van der Waals surface area contributed by atoms with E-state index in [-0.39, 0.29) is 0 Å². The lowest BCUT2D eigenvalue weighted by Crippen LogP contribution is -1.98. The lowest BCUT2D eigenvalue weighted by Gasteiger charge is -2.12. The van der Waals surface area contributed by atoms with Crippen molar-refractivity contribution < 1.29 is 5.11 Å². The van der Waals surface area contributed by atoms with Crippen molar-refractivity contribution in [2.24, 2.45) is 0 Å². The van der Waals surface area contributed by atoms with Crippen LogP contribution in [0.15, 0.2) is 48.5 Å². The fourth-order valence-electron chi connectivity index (χ4n) is 2.40. The summed E-state index contributed by atoms with van der Waals surface area (Å²) in [5, 5.41) is 9.31. The average molecular weight is 254 g/mol. The van der Waals surface area contributed by atoms with Gasteiger partial charge in [-0.05, 0) is 47.6 Å². The van der Waals surface area contributed by atoms with Crippen molar-refractivity contribution >= 4 is 0 Å². The highest BCUT2D eigenvalue weighted by atomic mass is 16.3. The maximum absolute atomic E-state index is 9.31. The van der Waals surface area contributed by atoms with E-state index in [0.29, 0.717) is 11.7 Å². The molecule has 0 bridgehead atoms. The maximum atomic E-state index is 9.31. The summed E-state index contributed by atoms with van der Waals surface area (Å²) in [5.74, 6) is 0.803. The molecule has 0 radical (unpaired) electrons. The molecule has 0 amide bonds. The van der Waals surface area contributed by atoms with Crippen LogP contribution in [0.4, 0.5) is 0 Å². The molecule has 0 aliphatic carbocycles. The Morgan fingerprint density at radius 3 is 2.05 bits per heavy atom. The molecule has 0 saturated heterocycles. The van der Waals surface area contributed by atoms with Gasteiger partial charge in [0.1, 0.15) is 5.75 Å². The van der Waals surface area contributed by atoms with Crippen molar-refractivity contribution in [3.05, 3.63) is 65.2 Å². The van der Waals surface area contributed by atoms with Gasteiger partial charge in [0.25, 0.3) is 0 Å². The minimum atomic E-state index is 0.333. The number of phenols is 1. The van der Waals surface area contributed by atoms with Gasteiger partial charge in [-0.1, -0.05) is 56.7 Å². The summed E-state index contributed by atoms with van der Waals surface area (Å²) in [6, 6.07) is 16.5. The maximum Gasteiger partial charge on any atom is 0.115 e. The Hall–Kier alpha value is -1.76. The lowest BCUT2D eigenvalue weighted by molar-refractivity contribution is 0.475. The zero-order valence-corrected chi connectivity index (χ0v) is 11.8. The quantitative estimate of drug-likeness (QED) is 0.820. The molecule has 0 fully saturated rings. The van der Waals surface area contributed by atoms with Crippen molar-refractivity contribution in [2.75, 3.05) is 0 Å². The Bertz CT molecular complexity index is 496. The summed E-state index contributed by atoms with van der Waals surface area (Å²) >= 11 is 0. The van der Waals surface area contributed by atoms with E-state index in [1.54, 1.807) is 12.1 Å². The van der Waals surface area contributed by atoms with Gasteiger partial charge in [0, 0.05) is 0 Å². The number of aromatic hydroxyl groups is 1. The summed E-state index contributed by atoms with van der Waals surface area (Å²) in [5.41, 5.74) is 4.07. The predicted octanol–water partition coefficient (Wildman–Crippen LogP) is 4.69. The molecule has 100 valence electrons. The third kappa shape index (κ3) is 3.85. The van der Waals surface area contributed by atoms with E-state index in [2.05, 4.69) is 38.1 Å². The molecule has 0 aliphatic rings. The molecule has 0 aromatic heterocycles. The van der Waals surface area contributed by atoms with Crippen LogP contribution in [-0.4, -0.2) is 5.11 Å². The Balaban J connectivity index is 2.01. The molecule has 0 saturated carbocycles. The second-order valence-electron chi connectivity index (χ2n) is 5.26. The molecule has 0 spiro atoms. The molecule has 1 nitrogen and oxygen atoms in total. The summed E-state index contributed by atoms with van der Waals surface area (Å²) in [6.45, 7) is 4.44. The van der Waals surface area contributed by atoms with Crippen LogP contribution >= 0.6 is 0 Å². The molecule has 1 heteroatoms. The first kappa shape index (κ1) is 13.7. The van der Waals surface area contributed by atoms with Gasteiger partial charge in [-0.25, -0.2) is 0 Å². The molecule has 0 aliphatic heterocycles. The van der Waals surface area contributed by atoms with Crippen molar-refractivity contribution in [3.8, 4) is 5.75 Å². The Labute approximate surface area is 115 Å². The highest BCUT2D eigenvalue weighted by Gasteiger charge is 2.06. The first-order valence-corrected chi connectivity index (χ1v) is 7.05. The first-order valence-electron chi connectivity index (χ1n) is 7.05. The molecule has 2 aromatic rings. The zero-order chi connectivity index (χ0) is 13.7. The standard InChI is InChI=1S/C18H22O/c1-3-4-15-5-7-16(8-6-15)13-14(2)17-9-11-18(19)12-10-17/h5-12,14,19H,3-4,13H2,1-2H3. The molecule has 19 heavy (non-hydrogen) atoms. The molecule has 1 atom stereocenters. The van der Waals surface area contributed by atoms with Crippen LogP contribution in [-0.2, 0) is 12.8 Å². The monoisotopic (exact) mass is 254 g/mol. The van der Waals surface area contributed by atoms with Crippen molar-refractivity contribution in [2.45, 2.75) is 39.0 Å². The lowest BCUT2D eigenvalue weighted by atomic mass is 9.93. The van der Waals surface area contributed by atoms with E-state index in [0.717, 1.165) is 12.8 Å². The smallest absolute Gasteiger partial charge is 0.115 e. The third-order valence-corrected chi connectivity index (χ3v) is 3.57. The van der Waals surface area contributed by atoms with Crippen molar-refractivity contribution in [1.29, 1.82) is 0 Å². The molecule has 1 N–H and O–H groups in total. The SMILES string of the molecule is CCCc1ccc(CC(C)c2ccc(O)cc2)cc1. The van der Waals surface area contributed by atoms with Crippen LogP contribution in [0, 0.1) is 0 Å². The second kappa shape index (κ2) is 6.42. The van der Waals surface area contributed by atoms with E-state index in [9.17, 15) is 5.11 Å². The van der Waals surface area contributed by atoms with Crippen LogP contribution < -0.4 is 0 Å². The number of aryl methyl sites for hydroxylation is 1. The van der Waals surface area contributed by atoms with Gasteiger partial charge in [0.15, 0.2) is 0 Å². The molecule has 0 heterocycles. The van der Waals surface area contributed by atoms with Gasteiger partial charge in [-0.15, -0.1) is 0 Å². The molecule has 2 aromatic carbocycles. The highest BCUT2D eigenvalue weighted by Crippen LogP contribution is 2.22. The van der Waals surface area contributed by atoms with E-state index < -0.39 is 0 Å². The van der Waals surface area contributed by atoms with Crippen LogP contribution in [0.25, 0.3) is 0 Å². The third-order valence-electron chi connectivity index (χ3n) is 3.57. The Kier molecular flexibility index (Phi) is 4.62. The van der Waals surface area contributed by atoms with Crippen molar-refractivity contribution in [3.63, 3.8) is 0 Å². The number of benzene rings is 2. The normalized spacial score (nSPS) is 12.3. The molecular formula is C18H22O. The van der Waals surface area contributed by atoms with E-state index in [1.807, 2.05) is 12.1 Å². The average Bonchev–Trinajstić information content (AvgIpc) is 2.42. The van der Waals surface area contributed by atoms with Crippen molar-refractivity contribution in [1.82, 2.24) is 0 Å². The van der Waals surface area contributed by atoms with Gasteiger partial charge >= 0.3 is 0 Å². The summed E-state index contributed by atoms with van der Waals surface area (Å²) in [7, 11) is 0. The van der Waals surface area contributed by atoms with Gasteiger partial charge in [-0.2, -0.15) is 0 Å². The molecular weight excluding hydrogens is 232 g/mol. The van der Waals surface area contributed by atoms with Gasteiger partial charge < -0.3 is 5.11 Å².